The first-order chi connectivity index (χ1) is 16.1. The third kappa shape index (κ3) is 3.03. The van der Waals surface area contributed by atoms with Crippen LogP contribution < -0.4 is 24.4 Å². The lowest BCUT2D eigenvalue weighted by Gasteiger charge is -2.23. The normalized spacial score (nSPS) is 19.4. The Balaban J connectivity index is 1.31. The first-order valence-corrected chi connectivity index (χ1v) is 10.9. The molecular weight excluding hydrogens is 444 g/mol. The van der Waals surface area contributed by atoms with Crippen LogP contribution in [0, 0.1) is 0 Å². The predicted molar refractivity (Wildman–Crippen MR) is 121 cm³/mol. The van der Waals surface area contributed by atoms with Gasteiger partial charge in [-0.1, -0.05) is 41.9 Å². The minimum atomic E-state index is -1.03. The molecule has 166 valence electrons. The summed E-state index contributed by atoms with van der Waals surface area (Å²) in [7, 11) is 0. The lowest BCUT2D eigenvalue weighted by atomic mass is 9.77. The number of halogens is 1. The summed E-state index contributed by atoms with van der Waals surface area (Å²) in [6, 6.07) is 18.4. The molecular formula is C25H19ClN2O5. The number of anilines is 1. The fourth-order valence-corrected chi connectivity index (χ4v) is 4.98. The number of fused-ring (bicyclic) bond motifs is 5. The van der Waals surface area contributed by atoms with Crippen molar-refractivity contribution in [2.45, 2.75) is 12.0 Å². The second-order valence-corrected chi connectivity index (χ2v) is 8.65. The fourth-order valence-electron chi connectivity index (χ4n) is 4.77. The van der Waals surface area contributed by atoms with E-state index >= 15 is 0 Å². The summed E-state index contributed by atoms with van der Waals surface area (Å²) in [5.74, 6) is 1.32. The summed E-state index contributed by atoms with van der Waals surface area (Å²) in [4.78, 5) is 28.2. The van der Waals surface area contributed by atoms with Crippen LogP contribution in [0.25, 0.3) is 0 Å². The summed E-state index contributed by atoms with van der Waals surface area (Å²) in [5, 5.41) is 3.48. The van der Waals surface area contributed by atoms with Gasteiger partial charge in [0.05, 0.1) is 0 Å². The molecule has 0 fully saturated rings. The molecule has 0 aliphatic carbocycles. The van der Waals surface area contributed by atoms with E-state index in [1.807, 2.05) is 42.5 Å². The maximum Gasteiger partial charge on any atom is 0.246 e. The second-order valence-electron chi connectivity index (χ2n) is 8.21. The Morgan fingerprint density at radius 3 is 2.64 bits per heavy atom. The van der Waals surface area contributed by atoms with Crippen molar-refractivity contribution < 1.29 is 23.8 Å². The number of nitrogens with zero attached hydrogens (tertiary/aromatic N) is 1. The van der Waals surface area contributed by atoms with Gasteiger partial charge in [-0.2, -0.15) is 0 Å². The van der Waals surface area contributed by atoms with E-state index in [1.165, 1.54) is 4.90 Å². The van der Waals surface area contributed by atoms with Crippen molar-refractivity contribution in [2.75, 3.05) is 24.8 Å². The molecule has 1 atom stereocenters. The van der Waals surface area contributed by atoms with E-state index in [4.69, 9.17) is 25.8 Å². The van der Waals surface area contributed by atoms with Crippen LogP contribution in [-0.2, 0) is 21.5 Å². The molecule has 6 rings (SSSR count). The van der Waals surface area contributed by atoms with E-state index in [9.17, 15) is 9.59 Å². The van der Waals surface area contributed by atoms with Crippen LogP contribution in [0.4, 0.5) is 5.69 Å². The SMILES string of the molecule is O=C(CN1C(=O)C2(COc3cc4c(cc32)OCO4)c2ccccc21)NCc1cccc(Cl)c1. The molecule has 1 spiro atoms. The van der Waals surface area contributed by atoms with Gasteiger partial charge in [-0.25, -0.2) is 0 Å². The number of rotatable bonds is 4. The van der Waals surface area contributed by atoms with Crippen LogP contribution in [-0.4, -0.2) is 31.8 Å². The lowest BCUT2D eigenvalue weighted by molar-refractivity contribution is -0.125. The van der Waals surface area contributed by atoms with Crippen LogP contribution in [0.3, 0.4) is 0 Å². The third-order valence-electron chi connectivity index (χ3n) is 6.32. The van der Waals surface area contributed by atoms with Gasteiger partial charge in [0.1, 0.15) is 24.3 Å². The molecule has 3 aromatic carbocycles. The number of nitrogens with one attached hydrogen (secondary N) is 1. The van der Waals surface area contributed by atoms with Crippen molar-refractivity contribution in [3.8, 4) is 17.2 Å². The van der Waals surface area contributed by atoms with Crippen molar-refractivity contribution >= 4 is 29.1 Å². The van der Waals surface area contributed by atoms with Crippen molar-refractivity contribution in [1.29, 1.82) is 0 Å². The number of ether oxygens (including phenoxy) is 3. The quantitative estimate of drug-likeness (QED) is 0.643. The molecule has 0 saturated heterocycles. The van der Waals surface area contributed by atoms with Gasteiger partial charge in [0.15, 0.2) is 11.5 Å². The summed E-state index contributed by atoms with van der Waals surface area (Å²) >= 11 is 6.02. The summed E-state index contributed by atoms with van der Waals surface area (Å²) < 4.78 is 17.0. The first kappa shape index (κ1) is 19.9. The Hall–Kier alpha value is -3.71. The predicted octanol–water partition coefficient (Wildman–Crippen LogP) is 3.41. The van der Waals surface area contributed by atoms with Crippen LogP contribution in [0.5, 0.6) is 17.2 Å². The number of para-hydroxylation sites is 1. The number of hydrogen-bond acceptors (Lipinski definition) is 5. The molecule has 1 N–H and O–H groups in total. The molecule has 0 radical (unpaired) electrons. The Labute approximate surface area is 194 Å². The van der Waals surface area contributed by atoms with Crippen LogP contribution in [0.15, 0.2) is 60.7 Å². The van der Waals surface area contributed by atoms with E-state index in [0.717, 1.165) is 16.7 Å². The molecule has 2 amide bonds. The van der Waals surface area contributed by atoms with Crippen LogP contribution in [0.2, 0.25) is 5.02 Å². The topological polar surface area (TPSA) is 77.1 Å². The van der Waals surface area contributed by atoms with E-state index in [2.05, 4.69) is 5.32 Å². The Morgan fingerprint density at radius 1 is 0.970 bits per heavy atom. The molecule has 8 heteroatoms. The zero-order valence-corrected chi connectivity index (χ0v) is 18.2. The molecule has 0 bridgehead atoms. The zero-order chi connectivity index (χ0) is 22.6. The fraction of sp³-hybridized carbons (Fsp3) is 0.200. The molecule has 3 aliphatic heterocycles. The van der Waals surface area contributed by atoms with Crippen LogP contribution in [0.1, 0.15) is 16.7 Å². The van der Waals surface area contributed by atoms with E-state index < -0.39 is 5.41 Å². The van der Waals surface area contributed by atoms with Gasteiger partial charge in [0.2, 0.25) is 18.6 Å². The monoisotopic (exact) mass is 462 g/mol. The number of carbonyl (C=O) groups excluding carboxylic acids is 2. The smallest absolute Gasteiger partial charge is 0.246 e. The molecule has 0 aromatic heterocycles. The number of benzene rings is 3. The third-order valence-corrected chi connectivity index (χ3v) is 6.56. The molecule has 3 aliphatic rings. The van der Waals surface area contributed by atoms with Gasteiger partial charge >= 0.3 is 0 Å². The highest BCUT2D eigenvalue weighted by molar-refractivity contribution is 6.30. The highest BCUT2D eigenvalue weighted by Crippen LogP contribution is 2.54. The molecule has 1 unspecified atom stereocenters. The number of carbonyl (C=O) groups is 2. The number of amides is 2. The molecule has 3 heterocycles. The zero-order valence-electron chi connectivity index (χ0n) is 17.5. The minimum absolute atomic E-state index is 0.0992. The summed E-state index contributed by atoms with van der Waals surface area (Å²) in [6.07, 6.45) is 0. The molecule has 3 aromatic rings. The molecule has 33 heavy (non-hydrogen) atoms. The van der Waals surface area contributed by atoms with Gasteiger partial charge < -0.3 is 24.4 Å². The van der Waals surface area contributed by atoms with Gasteiger partial charge in [-0.15, -0.1) is 0 Å². The Kier molecular flexibility index (Phi) is 4.48. The highest BCUT2D eigenvalue weighted by Gasteiger charge is 2.57. The largest absolute Gasteiger partial charge is 0.491 e. The standard InChI is InChI=1S/C25H19ClN2O5/c26-16-5-3-4-15(8-16)11-27-23(29)12-28-19-7-2-1-6-17(19)25(24(28)30)13-31-20-10-22-21(9-18(20)25)32-14-33-22/h1-10H,11-14H2,(H,27,29). The van der Waals surface area contributed by atoms with E-state index in [1.54, 1.807) is 18.2 Å². The van der Waals surface area contributed by atoms with Crippen molar-refractivity contribution in [3.05, 3.63) is 82.4 Å². The maximum atomic E-state index is 13.9. The van der Waals surface area contributed by atoms with Gasteiger partial charge in [-0.05, 0) is 35.4 Å². The average Bonchev–Trinajstić information content (AvgIpc) is 3.49. The maximum absolute atomic E-state index is 13.9. The Bertz CT molecular complexity index is 1310. The van der Waals surface area contributed by atoms with Crippen molar-refractivity contribution in [1.82, 2.24) is 5.32 Å². The average molecular weight is 463 g/mol. The van der Waals surface area contributed by atoms with E-state index in [-0.39, 0.29) is 31.8 Å². The molecule has 0 saturated carbocycles. The summed E-state index contributed by atoms with van der Waals surface area (Å²) in [6.45, 7) is 0.512. The lowest BCUT2D eigenvalue weighted by Crippen LogP contribution is -2.46. The summed E-state index contributed by atoms with van der Waals surface area (Å²) in [5.41, 5.74) is 2.10. The van der Waals surface area contributed by atoms with E-state index in [0.29, 0.717) is 34.5 Å². The second kappa shape index (κ2) is 7.42. The van der Waals surface area contributed by atoms with Gasteiger partial charge in [-0.3, -0.25) is 9.59 Å². The van der Waals surface area contributed by atoms with Crippen molar-refractivity contribution in [2.24, 2.45) is 0 Å². The van der Waals surface area contributed by atoms with Crippen molar-refractivity contribution in [3.63, 3.8) is 0 Å². The number of hydrogen-bond donors (Lipinski definition) is 1. The minimum Gasteiger partial charge on any atom is -0.491 e. The van der Waals surface area contributed by atoms with Gasteiger partial charge in [0, 0.05) is 28.9 Å². The van der Waals surface area contributed by atoms with Gasteiger partial charge in [0.25, 0.3) is 0 Å². The molecule has 7 nitrogen and oxygen atoms in total. The van der Waals surface area contributed by atoms with Crippen LogP contribution >= 0.6 is 11.6 Å². The first-order valence-electron chi connectivity index (χ1n) is 10.6. The highest BCUT2D eigenvalue weighted by atomic mass is 35.5. The Morgan fingerprint density at radius 2 is 1.79 bits per heavy atom.